The van der Waals surface area contributed by atoms with Crippen molar-refractivity contribution in [1.82, 2.24) is 0 Å². The molecule has 0 amide bonds. The van der Waals surface area contributed by atoms with E-state index in [1.54, 1.807) is 7.11 Å². The van der Waals surface area contributed by atoms with Crippen molar-refractivity contribution in [2.24, 2.45) is 16.9 Å². The third-order valence-corrected chi connectivity index (χ3v) is 4.14. The summed E-state index contributed by atoms with van der Waals surface area (Å²) in [7, 11) is 1.70. The van der Waals surface area contributed by atoms with Gasteiger partial charge in [-0.2, -0.15) is 0 Å². The summed E-state index contributed by atoms with van der Waals surface area (Å²) in [5.74, 6) is 0.889. The lowest BCUT2D eigenvalue weighted by molar-refractivity contribution is 0.375. The second-order valence-electron chi connectivity index (χ2n) is 5.22. The fraction of sp³-hybridized carbons (Fsp3) is 0.571. The topological polar surface area (TPSA) is 61.3 Å². The van der Waals surface area contributed by atoms with Crippen LogP contribution in [-0.4, -0.2) is 13.7 Å². The van der Waals surface area contributed by atoms with Crippen LogP contribution in [0.1, 0.15) is 35.6 Å². The predicted molar refractivity (Wildman–Crippen MR) is 70.1 cm³/mol. The Morgan fingerprint density at radius 2 is 1.88 bits per heavy atom. The number of methoxy groups -OCH3 is 1. The quantitative estimate of drug-likeness (QED) is 0.838. The van der Waals surface area contributed by atoms with E-state index in [2.05, 4.69) is 26.0 Å². The Labute approximate surface area is 103 Å². The van der Waals surface area contributed by atoms with Gasteiger partial charge in [-0.15, -0.1) is 0 Å². The van der Waals surface area contributed by atoms with Crippen molar-refractivity contribution in [3.8, 4) is 5.75 Å². The molecule has 0 spiro atoms. The first-order valence-electron chi connectivity index (χ1n) is 6.15. The molecule has 1 aliphatic rings. The molecule has 0 aromatic heterocycles. The molecule has 94 valence electrons. The second-order valence-corrected chi connectivity index (χ2v) is 5.22. The molecule has 4 N–H and O–H groups in total. The number of rotatable bonds is 4. The molecular weight excluding hydrogens is 212 g/mol. The van der Waals surface area contributed by atoms with Crippen LogP contribution < -0.4 is 16.2 Å². The third kappa shape index (κ3) is 2.05. The lowest BCUT2D eigenvalue weighted by atomic mass is 9.88. The molecule has 1 aromatic carbocycles. The minimum atomic E-state index is -0.0123. The lowest BCUT2D eigenvalue weighted by Crippen LogP contribution is -2.30. The summed E-state index contributed by atoms with van der Waals surface area (Å²) < 4.78 is 5.45. The van der Waals surface area contributed by atoms with Crippen LogP contribution in [0.4, 0.5) is 0 Å². The normalized spacial score (nSPS) is 18.9. The summed E-state index contributed by atoms with van der Waals surface area (Å²) in [6.07, 6.45) is 2.25. The van der Waals surface area contributed by atoms with Crippen molar-refractivity contribution in [2.75, 3.05) is 13.7 Å². The highest BCUT2D eigenvalue weighted by molar-refractivity contribution is 5.44. The first-order valence-corrected chi connectivity index (χ1v) is 6.15. The van der Waals surface area contributed by atoms with Crippen molar-refractivity contribution < 1.29 is 4.74 Å². The van der Waals surface area contributed by atoms with Gasteiger partial charge in [0.25, 0.3) is 0 Å². The number of nitrogens with two attached hydrogens (primary N) is 2. The van der Waals surface area contributed by atoms with Gasteiger partial charge >= 0.3 is 0 Å². The maximum Gasteiger partial charge on any atom is 0.123 e. The van der Waals surface area contributed by atoms with E-state index in [4.69, 9.17) is 16.2 Å². The maximum absolute atomic E-state index is 6.38. The standard InChI is InChI=1S/C14H22N2O/c1-9-6-11(12(17-3)7-10(9)2)13(16)14(8-15)4-5-14/h6-7,13H,4-5,8,15-16H2,1-3H3. The van der Waals surface area contributed by atoms with Gasteiger partial charge in [-0.05, 0) is 50.4 Å². The van der Waals surface area contributed by atoms with Crippen LogP contribution in [0.3, 0.4) is 0 Å². The lowest BCUT2D eigenvalue weighted by Gasteiger charge is -2.24. The highest BCUT2D eigenvalue weighted by Gasteiger charge is 2.47. The van der Waals surface area contributed by atoms with E-state index in [1.807, 2.05) is 0 Å². The van der Waals surface area contributed by atoms with E-state index >= 15 is 0 Å². The number of hydrogen-bond donors (Lipinski definition) is 2. The molecule has 3 heteroatoms. The Morgan fingerprint density at radius 3 is 2.35 bits per heavy atom. The SMILES string of the molecule is COc1cc(C)c(C)cc1C(N)C1(CN)CC1. The summed E-state index contributed by atoms with van der Waals surface area (Å²) >= 11 is 0. The van der Waals surface area contributed by atoms with Crippen LogP contribution in [0.15, 0.2) is 12.1 Å². The van der Waals surface area contributed by atoms with Gasteiger partial charge in [0.05, 0.1) is 7.11 Å². The van der Waals surface area contributed by atoms with Crippen LogP contribution in [0.25, 0.3) is 0 Å². The van der Waals surface area contributed by atoms with Crippen LogP contribution in [-0.2, 0) is 0 Å². The number of ether oxygens (including phenoxy) is 1. The molecule has 17 heavy (non-hydrogen) atoms. The summed E-state index contributed by atoms with van der Waals surface area (Å²) in [5, 5.41) is 0. The predicted octanol–water partition coefficient (Wildman–Crippen LogP) is 2.05. The van der Waals surface area contributed by atoms with Crippen LogP contribution in [0.2, 0.25) is 0 Å². The molecule has 3 nitrogen and oxygen atoms in total. The first kappa shape index (κ1) is 12.4. The van der Waals surface area contributed by atoms with Gasteiger partial charge in [0.1, 0.15) is 5.75 Å². The zero-order chi connectivity index (χ0) is 12.6. The summed E-state index contributed by atoms with van der Waals surface area (Å²) in [6, 6.07) is 4.20. The van der Waals surface area contributed by atoms with E-state index in [0.29, 0.717) is 6.54 Å². The van der Waals surface area contributed by atoms with Crippen molar-refractivity contribution in [3.63, 3.8) is 0 Å². The maximum atomic E-state index is 6.38. The number of hydrogen-bond acceptors (Lipinski definition) is 3. The average Bonchev–Trinajstić information content (AvgIpc) is 3.12. The zero-order valence-corrected chi connectivity index (χ0v) is 10.9. The Morgan fingerprint density at radius 1 is 1.29 bits per heavy atom. The van der Waals surface area contributed by atoms with Crippen molar-refractivity contribution in [3.05, 3.63) is 28.8 Å². The Bertz CT molecular complexity index is 424. The highest BCUT2D eigenvalue weighted by atomic mass is 16.5. The van der Waals surface area contributed by atoms with Gasteiger partial charge in [-0.1, -0.05) is 6.07 Å². The molecule has 0 aliphatic heterocycles. The van der Waals surface area contributed by atoms with Crippen LogP contribution >= 0.6 is 0 Å². The molecule has 1 atom stereocenters. The summed E-state index contributed by atoms with van der Waals surface area (Å²) in [4.78, 5) is 0. The fourth-order valence-electron chi connectivity index (χ4n) is 2.36. The fourth-order valence-corrected chi connectivity index (χ4v) is 2.36. The zero-order valence-electron chi connectivity index (χ0n) is 10.9. The van der Waals surface area contributed by atoms with Crippen molar-refractivity contribution in [1.29, 1.82) is 0 Å². The molecule has 1 saturated carbocycles. The van der Waals surface area contributed by atoms with Gasteiger partial charge < -0.3 is 16.2 Å². The molecule has 1 unspecified atom stereocenters. The first-order chi connectivity index (χ1) is 8.04. The smallest absolute Gasteiger partial charge is 0.123 e. The Balaban J connectivity index is 2.40. The number of aryl methyl sites for hydroxylation is 2. The van der Waals surface area contributed by atoms with E-state index in [0.717, 1.165) is 24.2 Å². The second kappa shape index (κ2) is 4.31. The van der Waals surface area contributed by atoms with Gasteiger partial charge in [0.2, 0.25) is 0 Å². The molecule has 0 heterocycles. The van der Waals surface area contributed by atoms with Crippen molar-refractivity contribution >= 4 is 0 Å². The molecule has 0 saturated heterocycles. The van der Waals surface area contributed by atoms with Gasteiger partial charge in [-0.3, -0.25) is 0 Å². The minimum Gasteiger partial charge on any atom is -0.496 e. The van der Waals surface area contributed by atoms with E-state index in [9.17, 15) is 0 Å². The Kier molecular flexibility index (Phi) is 3.15. The van der Waals surface area contributed by atoms with Gasteiger partial charge in [-0.25, -0.2) is 0 Å². The van der Waals surface area contributed by atoms with Gasteiger partial charge in [0, 0.05) is 17.0 Å². The molecular formula is C14H22N2O. The molecule has 0 radical (unpaired) electrons. The third-order valence-electron chi connectivity index (χ3n) is 4.14. The monoisotopic (exact) mass is 234 g/mol. The highest BCUT2D eigenvalue weighted by Crippen LogP contribution is 2.54. The molecule has 0 bridgehead atoms. The van der Waals surface area contributed by atoms with Crippen LogP contribution in [0.5, 0.6) is 5.75 Å². The molecule has 1 aliphatic carbocycles. The molecule has 1 fully saturated rings. The van der Waals surface area contributed by atoms with Crippen molar-refractivity contribution in [2.45, 2.75) is 32.7 Å². The number of benzene rings is 1. The Hall–Kier alpha value is -1.06. The largest absolute Gasteiger partial charge is 0.496 e. The summed E-state index contributed by atoms with van der Waals surface area (Å²) in [5.41, 5.74) is 15.9. The van der Waals surface area contributed by atoms with E-state index < -0.39 is 0 Å². The van der Waals surface area contributed by atoms with E-state index in [1.165, 1.54) is 11.1 Å². The molecule has 2 rings (SSSR count). The van der Waals surface area contributed by atoms with E-state index in [-0.39, 0.29) is 11.5 Å². The van der Waals surface area contributed by atoms with Gasteiger partial charge in [0.15, 0.2) is 0 Å². The summed E-state index contributed by atoms with van der Waals surface area (Å²) in [6.45, 7) is 4.85. The molecule has 1 aromatic rings. The average molecular weight is 234 g/mol. The van der Waals surface area contributed by atoms with Crippen LogP contribution in [0, 0.1) is 19.3 Å². The minimum absolute atomic E-state index is 0.0123.